The molecular weight excluding hydrogens is 518 g/mol. The standard InChI is InChI=1S/C29H30BrN3O3/c1-17(2)23-15-24(19(5)13-27(23)35-6)28-32-25-10-8-7-9-22(25)29(34)33(28)31-16-20-14-21(30)11-12-26(20)36-18(3)4/h7-18H,1-6H3. The molecule has 0 amide bonds. The van der Waals surface area contributed by atoms with Crippen LogP contribution in [0.25, 0.3) is 22.3 Å². The van der Waals surface area contributed by atoms with Crippen molar-refractivity contribution < 1.29 is 9.47 Å². The topological polar surface area (TPSA) is 65.7 Å². The molecule has 0 aliphatic carbocycles. The number of aryl methyl sites for hydroxylation is 1. The second kappa shape index (κ2) is 10.7. The molecule has 4 aromatic rings. The molecule has 0 saturated carbocycles. The Kier molecular flexibility index (Phi) is 7.59. The molecule has 0 fully saturated rings. The van der Waals surface area contributed by atoms with Gasteiger partial charge in [-0.3, -0.25) is 4.79 Å². The van der Waals surface area contributed by atoms with Crippen LogP contribution in [0, 0.1) is 6.92 Å². The maximum Gasteiger partial charge on any atom is 0.282 e. The Balaban J connectivity index is 1.98. The van der Waals surface area contributed by atoms with Crippen LogP contribution in [0.4, 0.5) is 0 Å². The van der Waals surface area contributed by atoms with E-state index in [-0.39, 0.29) is 17.6 Å². The van der Waals surface area contributed by atoms with Crippen molar-refractivity contribution in [2.75, 3.05) is 7.11 Å². The van der Waals surface area contributed by atoms with Gasteiger partial charge < -0.3 is 9.47 Å². The van der Waals surface area contributed by atoms with Gasteiger partial charge in [0.15, 0.2) is 5.82 Å². The average molecular weight is 548 g/mol. The van der Waals surface area contributed by atoms with Gasteiger partial charge in [0.05, 0.1) is 30.3 Å². The van der Waals surface area contributed by atoms with Crippen LogP contribution in [0.3, 0.4) is 0 Å². The zero-order valence-corrected chi connectivity index (χ0v) is 23.0. The smallest absolute Gasteiger partial charge is 0.282 e. The fourth-order valence-electron chi connectivity index (χ4n) is 4.07. The Hall–Kier alpha value is -3.45. The van der Waals surface area contributed by atoms with E-state index in [1.807, 2.05) is 69.3 Å². The van der Waals surface area contributed by atoms with E-state index in [2.05, 4.69) is 34.9 Å². The summed E-state index contributed by atoms with van der Waals surface area (Å²) < 4.78 is 13.9. The number of hydrogen-bond donors (Lipinski definition) is 0. The average Bonchev–Trinajstić information content (AvgIpc) is 2.84. The molecule has 0 spiro atoms. The van der Waals surface area contributed by atoms with Gasteiger partial charge in [-0.25, -0.2) is 4.98 Å². The minimum absolute atomic E-state index is 0.00431. The molecule has 4 rings (SSSR count). The molecule has 0 saturated heterocycles. The van der Waals surface area contributed by atoms with Gasteiger partial charge in [0.1, 0.15) is 11.5 Å². The van der Waals surface area contributed by atoms with Gasteiger partial charge in [0.25, 0.3) is 5.56 Å². The van der Waals surface area contributed by atoms with Gasteiger partial charge in [-0.1, -0.05) is 41.9 Å². The highest BCUT2D eigenvalue weighted by atomic mass is 79.9. The number of hydrogen-bond acceptors (Lipinski definition) is 5. The quantitative estimate of drug-likeness (QED) is 0.235. The Morgan fingerprint density at radius 3 is 2.47 bits per heavy atom. The monoisotopic (exact) mass is 547 g/mol. The van der Waals surface area contributed by atoms with E-state index in [1.165, 1.54) is 4.68 Å². The second-order valence-corrected chi connectivity index (χ2v) is 10.1. The van der Waals surface area contributed by atoms with Crippen LogP contribution in [0.2, 0.25) is 0 Å². The highest BCUT2D eigenvalue weighted by molar-refractivity contribution is 9.10. The van der Waals surface area contributed by atoms with Crippen LogP contribution in [0.1, 0.15) is 50.3 Å². The lowest BCUT2D eigenvalue weighted by Gasteiger charge is -2.17. The molecule has 0 aliphatic heterocycles. The summed E-state index contributed by atoms with van der Waals surface area (Å²) in [6.45, 7) is 10.1. The molecule has 0 radical (unpaired) electrons. The summed E-state index contributed by atoms with van der Waals surface area (Å²) in [4.78, 5) is 18.6. The van der Waals surface area contributed by atoms with Gasteiger partial charge in [-0.2, -0.15) is 9.78 Å². The minimum atomic E-state index is -0.241. The number of para-hydroxylation sites is 1. The molecular formula is C29H30BrN3O3. The van der Waals surface area contributed by atoms with Crippen molar-refractivity contribution in [3.8, 4) is 22.9 Å². The summed E-state index contributed by atoms with van der Waals surface area (Å²) in [6.07, 6.45) is 1.64. The predicted octanol–water partition coefficient (Wildman–Crippen LogP) is 6.94. The summed E-state index contributed by atoms with van der Waals surface area (Å²) >= 11 is 3.52. The van der Waals surface area contributed by atoms with Crippen LogP contribution < -0.4 is 15.0 Å². The maximum atomic E-state index is 13.7. The van der Waals surface area contributed by atoms with Crippen LogP contribution in [-0.2, 0) is 0 Å². The van der Waals surface area contributed by atoms with Crippen molar-refractivity contribution in [1.29, 1.82) is 0 Å². The van der Waals surface area contributed by atoms with Gasteiger partial charge in [-0.15, -0.1) is 0 Å². The van der Waals surface area contributed by atoms with E-state index in [0.717, 1.165) is 32.5 Å². The summed E-state index contributed by atoms with van der Waals surface area (Å²) in [5.41, 5.74) is 3.93. The first kappa shape index (κ1) is 25.6. The first-order valence-electron chi connectivity index (χ1n) is 11.9. The lowest BCUT2D eigenvalue weighted by Crippen LogP contribution is -2.21. The Morgan fingerprint density at radius 1 is 1.03 bits per heavy atom. The summed E-state index contributed by atoms with van der Waals surface area (Å²) in [5, 5.41) is 5.16. The Morgan fingerprint density at radius 2 is 1.78 bits per heavy atom. The number of nitrogens with zero attached hydrogens (tertiary/aromatic N) is 3. The molecule has 0 bridgehead atoms. The summed E-state index contributed by atoms with van der Waals surface area (Å²) in [6, 6.07) is 17.1. The summed E-state index contributed by atoms with van der Waals surface area (Å²) in [5.74, 6) is 2.19. The highest BCUT2D eigenvalue weighted by Gasteiger charge is 2.18. The number of fused-ring (bicyclic) bond motifs is 1. The first-order chi connectivity index (χ1) is 17.2. The first-order valence-corrected chi connectivity index (χ1v) is 12.7. The molecule has 1 aromatic heterocycles. The van der Waals surface area contributed by atoms with Gasteiger partial charge in [-0.05, 0) is 80.3 Å². The van der Waals surface area contributed by atoms with E-state index < -0.39 is 0 Å². The van der Waals surface area contributed by atoms with E-state index in [0.29, 0.717) is 22.5 Å². The van der Waals surface area contributed by atoms with E-state index >= 15 is 0 Å². The molecule has 0 aliphatic rings. The number of aromatic nitrogens is 2. The van der Waals surface area contributed by atoms with Crippen molar-refractivity contribution >= 4 is 33.0 Å². The minimum Gasteiger partial charge on any atom is -0.496 e. The molecule has 0 unspecified atom stereocenters. The van der Waals surface area contributed by atoms with Crippen molar-refractivity contribution in [2.45, 2.75) is 46.6 Å². The van der Waals surface area contributed by atoms with Crippen molar-refractivity contribution in [1.82, 2.24) is 9.66 Å². The normalized spacial score (nSPS) is 11.7. The van der Waals surface area contributed by atoms with Crippen LogP contribution >= 0.6 is 15.9 Å². The zero-order valence-electron chi connectivity index (χ0n) is 21.4. The number of halogens is 1. The third kappa shape index (κ3) is 5.21. The Bertz CT molecular complexity index is 1510. The zero-order chi connectivity index (χ0) is 26.0. The van der Waals surface area contributed by atoms with Crippen LogP contribution in [-0.4, -0.2) is 29.1 Å². The molecule has 3 aromatic carbocycles. The number of methoxy groups -OCH3 is 1. The molecule has 0 atom stereocenters. The lowest BCUT2D eigenvalue weighted by atomic mass is 9.96. The van der Waals surface area contributed by atoms with Crippen molar-refractivity contribution in [3.63, 3.8) is 0 Å². The largest absolute Gasteiger partial charge is 0.496 e. The van der Waals surface area contributed by atoms with E-state index in [9.17, 15) is 4.79 Å². The second-order valence-electron chi connectivity index (χ2n) is 9.23. The molecule has 36 heavy (non-hydrogen) atoms. The molecule has 186 valence electrons. The molecule has 1 heterocycles. The van der Waals surface area contributed by atoms with Crippen LogP contribution in [0.15, 0.2) is 69.0 Å². The lowest BCUT2D eigenvalue weighted by molar-refractivity contribution is 0.242. The fourth-order valence-corrected chi connectivity index (χ4v) is 4.45. The summed E-state index contributed by atoms with van der Waals surface area (Å²) in [7, 11) is 1.67. The van der Waals surface area contributed by atoms with Gasteiger partial charge in [0, 0.05) is 15.6 Å². The van der Waals surface area contributed by atoms with Crippen molar-refractivity contribution in [3.05, 3.63) is 86.1 Å². The van der Waals surface area contributed by atoms with E-state index in [1.54, 1.807) is 19.4 Å². The number of ether oxygens (including phenoxy) is 2. The van der Waals surface area contributed by atoms with Gasteiger partial charge in [0.2, 0.25) is 0 Å². The number of benzene rings is 3. The molecule has 6 nitrogen and oxygen atoms in total. The van der Waals surface area contributed by atoms with E-state index in [4.69, 9.17) is 14.5 Å². The molecule has 7 heteroatoms. The Labute approximate surface area is 219 Å². The third-order valence-corrected chi connectivity index (χ3v) is 6.33. The third-order valence-electron chi connectivity index (χ3n) is 5.84. The SMILES string of the molecule is COc1cc(C)c(-c2nc3ccccc3c(=O)n2N=Cc2cc(Br)ccc2OC(C)C)cc1C(C)C. The van der Waals surface area contributed by atoms with Gasteiger partial charge >= 0.3 is 0 Å². The molecule has 0 N–H and O–H groups in total. The maximum absolute atomic E-state index is 13.7. The highest BCUT2D eigenvalue weighted by Crippen LogP contribution is 2.34. The predicted molar refractivity (Wildman–Crippen MR) is 150 cm³/mol. The fraction of sp³-hybridized carbons (Fsp3) is 0.276. The van der Waals surface area contributed by atoms with Crippen molar-refractivity contribution in [2.24, 2.45) is 5.10 Å². The van der Waals surface area contributed by atoms with Crippen LogP contribution in [0.5, 0.6) is 11.5 Å². The number of rotatable bonds is 7.